The number of amides is 1. The summed E-state index contributed by atoms with van der Waals surface area (Å²) in [6, 6.07) is 27.6. The van der Waals surface area contributed by atoms with Crippen LogP contribution >= 0.6 is 0 Å². The van der Waals surface area contributed by atoms with E-state index in [1.807, 2.05) is 73.7 Å². The van der Waals surface area contributed by atoms with Gasteiger partial charge >= 0.3 is 0 Å². The number of nitrogens with zero attached hydrogens (tertiary/aromatic N) is 2. The number of carbonyl (C=O) groups excluding carboxylic acids is 1. The maximum absolute atomic E-state index is 12.6. The highest BCUT2D eigenvalue weighted by molar-refractivity contribution is 5.95. The monoisotopic (exact) mass is 481 g/mol. The van der Waals surface area contributed by atoms with Gasteiger partial charge in [-0.05, 0) is 61.4 Å². The van der Waals surface area contributed by atoms with E-state index in [0.29, 0.717) is 11.1 Å². The number of hydrogen-bond donors (Lipinski definition) is 2. The zero-order valence-electron chi connectivity index (χ0n) is 21.2. The molecule has 1 heterocycles. The van der Waals surface area contributed by atoms with Crippen LogP contribution in [0, 0.1) is 17.2 Å². The van der Waals surface area contributed by atoms with Crippen molar-refractivity contribution in [2.45, 2.75) is 51.2 Å². The van der Waals surface area contributed by atoms with Gasteiger partial charge in [-0.1, -0.05) is 74.0 Å². The molecule has 3 aromatic rings. The van der Waals surface area contributed by atoms with Gasteiger partial charge in [-0.15, -0.1) is 0 Å². The van der Waals surface area contributed by atoms with E-state index in [9.17, 15) is 15.2 Å². The molecule has 36 heavy (non-hydrogen) atoms. The Morgan fingerprint density at radius 3 is 2.17 bits per heavy atom. The first-order valence-corrected chi connectivity index (χ1v) is 12.9. The van der Waals surface area contributed by atoms with E-state index < -0.39 is 5.60 Å². The Hall–Kier alpha value is -3.62. The third kappa shape index (κ3) is 5.29. The second-order valence-electron chi connectivity index (χ2n) is 9.77. The molecular formula is C31H35N3O2. The molecule has 4 rings (SSSR count). The molecule has 0 aromatic heterocycles. The van der Waals surface area contributed by atoms with Gasteiger partial charge in [0.2, 0.25) is 0 Å². The Kier molecular flexibility index (Phi) is 8.07. The molecule has 186 valence electrons. The molecule has 2 N–H and O–H groups in total. The summed E-state index contributed by atoms with van der Waals surface area (Å²) < 4.78 is 0. The molecule has 5 heteroatoms. The van der Waals surface area contributed by atoms with Crippen LogP contribution in [0.3, 0.4) is 0 Å². The topological polar surface area (TPSA) is 76.4 Å². The van der Waals surface area contributed by atoms with Gasteiger partial charge in [0.15, 0.2) is 0 Å². The molecule has 3 aromatic carbocycles. The number of carbonyl (C=O) groups is 1. The predicted molar refractivity (Wildman–Crippen MR) is 144 cm³/mol. The minimum Gasteiger partial charge on any atom is -0.380 e. The first-order valence-electron chi connectivity index (χ1n) is 12.9. The fraction of sp³-hybridized carbons (Fsp3) is 0.355. The largest absolute Gasteiger partial charge is 0.380 e. The van der Waals surface area contributed by atoms with Crippen LogP contribution in [0.2, 0.25) is 0 Å². The van der Waals surface area contributed by atoms with Gasteiger partial charge < -0.3 is 15.3 Å². The Morgan fingerprint density at radius 1 is 1.06 bits per heavy atom. The molecule has 1 atom stereocenters. The van der Waals surface area contributed by atoms with Crippen LogP contribution in [0.5, 0.6) is 0 Å². The molecule has 1 fully saturated rings. The van der Waals surface area contributed by atoms with Gasteiger partial charge in [-0.2, -0.15) is 5.26 Å². The number of nitriles is 1. The summed E-state index contributed by atoms with van der Waals surface area (Å²) >= 11 is 0. The minimum atomic E-state index is -1.08. The molecule has 0 aliphatic carbocycles. The molecule has 1 amide bonds. The van der Waals surface area contributed by atoms with E-state index in [2.05, 4.69) is 23.2 Å². The van der Waals surface area contributed by atoms with Gasteiger partial charge in [-0.3, -0.25) is 4.79 Å². The van der Waals surface area contributed by atoms with Crippen LogP contribution in [0.1, 0.15) is 66.6 Å². The van der Waals surface area contributed by atoms with Crippen LogP contribution in [0.25, 0.3) is 0 Å². The van der Waals surface area contributed by atoms with Gasteiger partial charge in [-0.25, -0.2) is 0 Å². The van der Waals surface area contributed by atoms with E-state index in [1.165, 1.54) is 0 Å². The molecule has 0 saturated carbocycles. The molecule has 0 spiro atoms. The lowest BCUT2D eigenvalue weighted by atomic mass is 9.72. The molecule has 1 aliphatic heterocycles. The highest BCUT2D eigenvalue weighted by Gasteiger charge is 2.41. The molecule has 1 saturated heterocycles. The lowest BCUT2D eigenvalue weighted by Gasteiger charge is -2.43. The third-order valence-electron chi connectivity index (χ3n) is 7.33. The van der Waals surface area contributed by atoms with Crippen molar-refractivity contribution in [2.24, 2.45) is 5.92 Å². The van der Waals surface area contributed by atoms with Crippen molar-refractivity contribution in [3.05, 3.63) is 101 Å². The zero-order chi connectivity index (χ0) is 25.5. The van der Waals surface area contributed by atoms with Crippen molar-refractivity contribution in [1.29, 1.82) is 5.26 Å². The summed E-state index contributed by atoms with van der Waals surface area (Å²) in [5.41, 5.74) is 2.59. The second-order valence-corrected chi connectivity index (χ2v) is 9.77. The highest BCUT2D eigenvalue weighted by Crippen LogP contribution is 2.42. The summed E-state index contributed by atoms with van der Waals surface area (Å²) in [4.78, 5) is 14.8. The summed E-state index contributed by atoms with van der Waals surface area (Å²) in [5.74, 6) is -0.109. The van der Waals surface area contributed by atoms with E-state index in [1.54, 1.807) is 12.1 Å². The lowest BCUT2D eigenvalue weighted by molar-refractivity contribution is 0.00505. The van der Waals surface area contributed by atoms with Crippen molar-refractivity contribution in [2.75, 3.05) is 18.0 Å². The molecule has 1 aliphatic rings. The number of hydrogen-bond acceptors (Lipinski definition) is 4. The van der Waals surface area contributed by atoms with Crippen LogP contribution in [-0.2, 0) is 5.60 Å². The maximum atomic E-state index is 12.6. The third-order valence-corrected chi connectivity index (χ3v) is 7.33. The number of piperidine rings is 1. The minimum absolute atomic E-state index is 0.0363. The molecular weight excluding hydrogens is 446 g/mol. The Balaban J connectivity index is 1.53. The maximum Gasteiger partial charge on any atom is 0.251 e. The van der Waals surface area contributed by atoms with Gasteiger partial charge in [0.1, 0.15) is 11.7 Å². The van der Waals surface area contributed by atoms with Crippen molar-refractivity contribution < 1.29 is 9.90 Å². The number of aliphatic hydroxyl groups is 1. The van der Waals surface area contributed by atoms with Gasteiger partial charge in [0.25, 0.3) is 5.91 Å². The molecule has 0 radical (unpaired) electrons. The molecule has 1 unspecified atom stereocenters. The fourth-order valence-electron chi connectivity index (χ4n) is 5.42. The predicted octanol–water partition coefficient (Wildman–Crippen LogP) is 5.63. The van der Waals surface area contributed by atoms with Crippen molar-refractivity contribution in [3.8, 4) is 6.07 Å². The first-order chi connectivity index (χ1) is 17.5. The van der Waals surface area contributed by atoms with Crippen LogP contribution in [0.15, 0.2) is 78.9 Å². The van der Waals surface area contributed by atoms with E-state index in [0.717, 1.165) is 55.6 Å². The SMILES string of the molecule is CCCC(C)NC(=O)c1ccc(N2CCC(C(O)(c3ccccc3)c3ccccc3)CC2)c(C#N)c1. The zero-order valence-corrected chi connectivity index (χ0v) is 21.2. The molecule has 0 bridgehead atoms. The van der Waals surface area contributed by atoms with Crippen molar-refractivity contribution in [1.82, 2.24) is 5.32 Å². The summed E-state index contributed by atoms with van der Waals surface area (Å²) in [7, 11) is 0. The average Bonchev–Trinajstić information content (AvgIpc) is 2.93. The van der Waals surface area contributed by atoms with E-state index in [-0.39, 0.29) is 17.9 Å². The number of benzene rings is 3. The normalized spacial score (nSPS) is 15.2. The van der Waals surface area contributed by atoms with Crippen LogP contribution in [0.4, 0.5) is 5.69 Å². The average molecular weight is 482 g/mol. The standard InChI is InChI=1S/C31H35N3O2/c1-3-10-23(2)33-30(35)24-15-16-29(25(21-24)22-32)34-19-17-28(18-20-34)31(36,26-11-6-4-7-12-26)27-13-8-5-9-14-27/h4-9,11-16,21,23,28,36H,3,10,17-20H2,1-2H3,(H,33,35). The van der Waals surface area contributed by atoms with Crippen LogP contribution in [-0.4, -0.2) is 30.1 Å². The van der Waals surface area contributed by atoms with E-state index in [4.69, 9.17) is 0 Å². The van der Waals surface area contributed by atoms with E-state index >= 15 is 0 Å². The second kappa shape index (κ2) is 11.4. The van der Waals surface area contributed by atoms with Crippen molar-refractivity contribution >= 4 is 11.6 Å². The van der Waals surface area contributed by atoms with Gasteiger partial charge in [0, 0.05) is 24.7 Å². The van der Waals surface area contributed by atoms with Crippen LogP contribution < -0.4 is 10.2 Å². The fourth-order valence-corrected chi connectivity index (χ4v) is 5.42. The highest BCUT2D eigenvalue weighted by atomic mass is 16.3. The quantitative estimate of drug-likeness (QED) is 0.437. The van der Waals surface area contributed by atoms with Gasteiger partial charge in [0.05, 0.1) is 11.3 Å². The number of nitrogens with one attached hydrogen (secondary N) is 1. The number of anilines is 1. The molecule has 5 nitrogen and oxygen atoms in total. The Labute approximate surface area is 214 Å². The first kappa shape index (κ1) is 25.5. The summed E-state index contributed by atoms with van der Waals surface area (Å²) in [6.07, 6.45) is 3.48. The summed E-state index contributed by atoms with van der Waals surface area (Å²) in [6.45, 7) is 5.53. The number of rotatable bonds is 8. The Bertz CT molecular complexity index is 1160. The van der Waals surface area contributed by atoms with Crippen molar-refractivity contribution in [3.63, 3.8) is 0 Å². The Morgan fingerprint density at radius 2 is 1.64 bits per heavy atom. The summed E-state index contributed by atoms with van der Waals surface area (Å²) in [5, 5.41) is 25.0. The smallest absolute Gasteiger partial charge is 0.251 e. The lowest BCUT2D eigenvalue weighted by Crippen LogP contribution is -2.44.